The van der Waals surface area contributed by atoms with Crippen LogP contribution in [0.4, 0.5) is 20.4 Å². The van der Waals surface area contributed by atoms with Gasteiger partial charge in [0.1, 0.15) is 5.52 Å². The van der Waals surface area contributed by atoms with Gasteiger partial charge in [0.25, 0.3) is 11.8 Å². The van der Waals surface area contributed by atoms with Crippen molar-refractivity contribution in [2.24, 2.45) is 0 Å². The fraction of sp³-hybridized carbons (Fsp3) is 0.0952. The summed E-state index contributed by atoms with van der Waals surface area (Å²) in [5.74, 6) is 0.337. The second kappa shape index (κ2) is 8.71. The molecule has 0 fully saturated rings. The molecule has 2 N–H and O–H groups in total. The van der Waals surface area contributed by atoms with Crippen molar-refractivity contribution in [2.75, 3.05) is 5.32 Å². The first kappa shape index (κ1) is 20.1. The van der Waals surface area contributed by atoms with Gasteiger partial charge in [0, 0.05) is 28.7 Å². The van der Waals surface area contributed by atoms with Crippen LogP contribution in [0.25, 0.3) is 22.5 Å². The zero-order chi connectivity index (χ0) is 21.9. The molecule has 0 spiro atoms. The quantitative estimate of drug-likeness (QED) is 0.318. The van der Waals surface area contributed by atoms with E-state index in [0.29, 0.717) is 11.5 Å². The second-order valence-corrected chi connectivity index (χ2v) is 7.73. The number of aromatic nitrogens is 6. The number of thioether (sulfide) groups is 1. The van der Waals surface area contributed by atoms with Crippen molar-refractivity contribution in [1.82, 2.24) is 30.1 Å². The number of H-pyrrole nitrogens is 1. The van der Waals surface area contributed by atoms with Crippen LogP contribution in [0, 0.1) is 0 Å². The Labute approximate surface area is 184 Å². The molecule has 0 aliphatic rings. The van der Waals surface area contributed by atoms with E-state index in [0.717, 1.165) is 27.4 Å². The lowest BCUT2D eigenvalue weighted by molar-refractivity contribution is 0.116. The van der Waals surface area contributed by atoms with E-state index in [2.05, 4.69) is 47.6 Å². The molecule has 11 heteroatoms. The number of rotatable bonds is 7. The molecule has 8 nitrogen and oxygen atoms in total. The molecular formula is C21H15F2N7OS. The number of alkyl halides is 2. The first-order valence-electron chi connectivity index (χ1n) is 9.50. The number of nitrogens with one attached hydrogen (secondary N) is 2. The third-order valence-electron chi connectivity index (χ3n) is 4.51. The molecule has 0 aliphatic carbocycles. The summed E-state index contributed by atoms with van der Waals surface area (Å²) in [6.07, 6.45) is 1.68. The van der Waals surface area contributed by atoms with Gasteiger partial charge in [-0.3, -0.25) is 0 Å². The van der Waals surface area contributed by atoms with Gasteiger partial charge in [0.2, 0.25) is 5.95 Å². The maximum absolute atomic E-state index is 12.6. The van der Waals surface area contributed by atoms with Crippen LogP contribution in [0.15, 0.2) is 70.5 Å². The minimum atomic E-state index is -2.83. The number of nitrogens with zero attached hydrogens (tertiary/aromatic N) is 5. The number of benzene rings is 2. The molecule has 5 aromatic rings. The van der Waals surface area contributed by atoms with Crippen molar-refractivity contribution in [3.05, 3.63) is 72.6 Å². The highest BCUT2D eigenvalue weighted by Gasteiger charge is 2.17. The third kappa shape index (κ3) is 4.28. The van der Waals surface area contributed by atoms with E-state index in [1.807, 2.05) is 30.3 Å². The number of hydrogen-bond donors (Lipinski definition) is 2. The van der Waals surface area contributed by atoms with Gasteiger partial charge in [0.15, 0.2) is 0 Å². The van der Waals surface area contributed by atoms with Crippen molar-refractivity contribution in [2.45, 2.75) is 17.1 Å². The smallest absolute Gasteiger partial charge is 0.314 e. The molecule has 0 aliphatic heterocycles. The molecule has 0 saturated carbocycles. The molecule has 160 valence electrons. The molecule has 5 rings (SSSR count). The Balaban J connectivity index is 1.35. The lowest BCUT2D eigenvalue weighted by atomic mass is 10.2. The number of anilines is 2. The minimum absolute atomic E-state index is 0.0645. The predicted molar refractivity (Wildman–Crippen MR) is 116 cm³/mol. The molecule has 0 saturated heterocycles. The number of imidazole rings is 1. The molecule has 3 aromatic heterocycles. The van der Waals surface area contributed by atoms with Crippen molar-refractivity contribution in [3.8, 4) is 11.5 Å². The summed E-state index contributed by atoms with van der Waals surface area (Å²) in [6, 6.07) is 14.1. The van der Waals surface area contributed by atoms with E-state index in [9.17, 15) is 8.78 Å². The normalized spacial score (nSPS) is 11.3. The Hall–Kier alpha value is -3.86. The summed E-state index contributed by atoms with van der Waals surface area (Å²) in [4.78, 5) is 17.0. The fourth-order valence-corrected chi connectivity index (χ4v) is 4.03. The summed E-state index contributed by atoms with van der Waals surface area (Å²) in [5.41, 5.74) is 4.11. The molecule has 0 amide bonds. The number of fused-ring (bicyclic) bond motifs is 1. The van der Waals surface area contributed by atoms with Crippen molar-refractivity contribution < 1.29 is 13.2 Å². The maximum Gasteiger partial charge on any atom is 0.314 e. The Kier molecular flexibility index (Phi) is 5.46. The number of halogens is 2. The largest absolute Gasteiger partial charge is 0.415 e. The first-order chi connectivity index (χ1) is 15.7. The standard InChI is InChI=1S/C21H15F2N7OS/c22-18(23)20-30-29-19(31-20)13-8-24-21(25-9-13)28-14-6-15-17(27-11-26-15)16(7-14)32-10-12-4-2-1-3-5-12/h1-9,11,18H,10H2,(H,26,27)(H,24,25,28). The lowest BCUT2D eigenvalue weighted by Gasteiger charge is -2.09. The Bertz CT molecular complexity index is 1340. The summed E-state index contributed by atoms with van der Waals surface area (Å²) in [5, 5.41) is 10.1. The summed E-state index contributed by atoms with van der Waals surface area (Å²) in [7, 11) is 0. The van der Waals surface area contributed by atoms with Gasteiger partial charge in [0.05, 0.1) is 17.4 Å². The SMILES string of the molecule is FC(F)c1nnc(-c2cnc(Nc3cc(SCc4ccccc4)c4nc[nH]c4c3)nc2)o1. The van der Waals surface area contributed by atoms with Crippen LogP contribution < -0.4 is 5.32 Å². The lowest BCUT2D eigenvalue weighted by Crippen LogP contribution is -1.97. The average Bonchev–Trinajstić information content (AvgIpc) is 3.49. The van der Waals surface area contributed by atoms with E-state index in [1.165, 1.54) is 18.0 Å². The Morgan fingerprint density at radius 3 is 2.59 bits per heavy atom. The van der Waals surface area contributed by atoms with Crippen molar-refractivity contribution in [3.63, 3.8) is 0 Å². The molecule has 0 atom stereocenters. The second-order valence-electron chi connectivity index (χ2n) is 6.71. The van der Waals surface area contributed by atoms with E-state index in [-0.39, 0.29) is 5.89 Å². The highest BCUT2D eigenvalue weighted by molar-refractivity contribution is 7.98. The highest BCUT2D eigenvalue weighted by atomic mass is 32.2. The monoisotopic (exact) mass is 451 g/mol. The van der Waals surface area contributed by atoms with Gasteiger partial charge >= 0.3 is 6.43 Å². The Morgan fingerprint density at radius 2 is 1.84 bits per heavy atom. The van der Waals surface area contributed by atoms with Gasteiger partial charge in [-0.2, -0.15) is 8.78 Å². The van der Waals surface area contributed by atoms with Crippen LogP contribution in [0.2, 0.25) is 0 Å². The average molecular weight is 451 g/mol. The van der Waals surface area contributed by atoms with Gasteiger partial charge in [-0.25, -0.2) is 15.0 Å². The van der Waals surface area contributed by atoms with Crippen LogP contribution in [0.5, 0.6) is 0 Å². The summed E-state index contributed by atoms with van der Waals surface area (Å²) in [6.45, 7) is 0. The first-order valence-corrected chi connectivity index (χ1v) is 10.5. The van der Waals surface area contributed by atoms with E-state index < -0.39 is 12.3 Å². The van der Waals surface area contributed by atoms with Crippen LogP contribution in [0.3, 0.4) is 0 Å². The molecule has 0 bridgehead atoms. The van der Waals surface area contributed by atoms with Gasteiger partial charge < -0.3 is 14.7 Å². The number of aromatic amines is 1. The molecule has 0 radical (unpaired) electrons. The Morgan fingerprint density at radius 1 is 1.03 bits per heavy atom. The zero-order valence-electron chi connectivity index (χ0n) is 16.4. The fourth-order valence-electron chi connectivity index (χ4n) is 3.01. The van der Waals surface area contributed by atoms with Gasteiger partial charge in [-0.15, -0.1) is 22.0 Å². The van der Waals surface area contributed by atoms with E-state index >= 15 is 0 Å². The van der Waals surface area contributed by atoms with Gasteiger partial charge in [-0.1, -0.05) is 30.3 Å². The van der Waals surface area contributed by atoms with Gasteiger partial charge in [-0.05, 0) is 17.7 Å². The van der Waals surface area contributed by atoms with Crippen LogP contribution in [0.1, 0.15) is 17.9 Å². The molecular weight excluding hydrogens is 436 g/mol. The highest BCUT2D eigenvalue weighted by Crippen LogP contribution is 2.32. The molecule has 2 aromatic carbocycles. The van der Waals surface area contributed by atoms with E-state index in [4.69, 9.17) is 4.42 Å². The van der Waals surface area contributed by atoms with Crippen LogP contribution in [-0.4, -0.2) is 30.1 Å². The molecule has 32 heavy (non-hydrogen) atoms. The van der Waals surface area contributed by atoms with E-state index in [1.54, 1.807) is 18.1 Å². The minimum Gasteiger partial charge on any atom is -0.415 e. The molecule has 0 unspecified atom stereocenters. The van der Waals surface area contributed by atoms with Crippen molar-refractivity contribution in [1.29, 1.82) is 0 Å². The van der Waals surface area contributed by atoms with Crippen molar-refractivity contribution >= 4 is 34.4 Å². The summed E-state index contributed by atoms with van der Waals surface area (Å²) >= 11 is 1.68. The molecule has 3 heterocycles. The zero-order valence-corrected chi connectivity index (χ0v) is 17.2. The number of hydrogen-bond acceptors (Lipinski definition) is 8. The predicted octanol–water partition coefficient (Wildman–Crippen LogP) is 5.38. The summed E-state index contributed by atoms with van der Waals surface area (Å²) < 4.78 is 30.2. The topological polar surface area (TPSA) is 105 Å². The van der Waals surface area contributed by atoms with Crippen LogP contribution in [-0.2, 0) is 5.75 Å². The maximum atomic E-state index is 12.6. The van der Waals surface area contributed by atoms with Crippen LogP contribution >= 0.6 is 11.8 Å². The third-order valence-corrected chi connectivity index (χ3v) is 5.61.